The Morgan fingerprint density at radius 2 is 1.95 bits per heavy atom. The zero-order chi connectivity index (χ0) is 16.7. The zero-order valence-corrected chi connectivity index (χ0v) is 14.0. The van der Waals surface area contributed by atoms with E-state index in [9.17, 15) is 19.8 Å². The van der Waals surface area contributed by atoms with E-state index in [2.05, 4.69) is 19.9 Å². The monoisotopic (exact) mass is 308 g/mol. The maximum atomic E-state index is 12.8. The van der Waals surface area contributed by atoms with Crippen LogP contribution in [0.4, 0.5) is 0 Å². The summed E-state index contributed by atoms with van der Waals surface area (Å²) in [6.07, 6.45) is 4.19. The van der Waals surface area contributed by atoms with Gasteiger partial charge in [-0.05, 0) is 43.4 Å². The second-order valence-corrected chi connectivity index (χ2v) is 7.60. The number of aliphatic hydroxyl groups excluding tert-OH is 1. The number of ketones is 1. The van der Waals surface area contributed by atoms with Crippen molar-refractivity contribution < 1.29 is 19.8 Å². The van der Waals surface area contributed by atoms with Crippen LogP contribution in [0.5, 0.6) is 0 Å². The molecule has 0 aromatic carbocycles. The SMILES string of the molecule is CC1=C[C@@H]2CC(C)CC(C)C2[C@](C)(C(=O)CCO)[C@@H]1C(=O)O. The molecule has 2 N–H and O–H groups in total. The first-order valence-corrected chi connectivity index (χ1v) is 8.28. The molecule has 4 nitrogen and oxygen atoms in total. The Bertz CT molecular complexity index is 495. The van der Waals surface area contributed by atoms with Gasteiger partial charge in [0.05, 0.1) is 5.92 Å². The minimum Gasteiger partial charge on any atom is -0.481 e. The molecule has 3 unspecified atom stereocenters. The number of hydrogen-bond acceptors (Lipinski definition) is 3. The predicted molar refractivity (Wildman–Crippen MR) is 84.2 cm³/mol. The molecule has 2 rings (SSSR count). The average molecular weight is 308 g/mol. The molecule has 0 saturated heterocycles. The molecular weight excluding hydrogens is 280 g/mol. The number of hydrogen-bond donors (Lipinski definition) is 2. The van der Waals surface area contributed by atoms with E-state index in [0.29, 0.717) is 11.8 Å². The lowest BCUT2D eigenvalue weighted by molar-refractivity contribution is -0.158. The first-order valence-electron chi connectivity index (χ1n) is 8.28. The predicted octanol–water partition coefficient (Wildman–Crippen LogP) is 2.90. The molecule has 124 valence electrons. The normalized spacial score (nSPS) is 41.5. The fourth-order valence-corrected chi connectivity index (χ4v) is 5.39. The Morgan fingerprint density at radius 1 is 1.32 bits per heavy atom. The van der Waals surface area contributed by atoms with E-state index in [4.69, 9.17) is 0 Å². The van der Waals surface area contributed by atoms with Gasteiger partial charge in [0.25, 0.3) is 0 Å². The lowest BCUT2D eigenvalue weighted by Gasteiger charge is -2.53. The summed E-state index contributed by atoms with van der Waals surface area (Å²) in [5.74, 6) is -0.581. The molecule has 1 saturated carbocycles. The van der Waals surface area contributed by atoms with Crippen LogP contribution in [0.25, 0.3) is 0 Å². The molecule has 0 aliphatic heterocycles. The molecule has 0 spiro atoms. The number of aliphatic hydroxyl groups is 1. The Labute approximate surface area is 132 Å². The minimum absolute atomic E-state index is 0.0407. The fraction of sp³-hybridized carbons (Fsp3) is 0.778. The van der Waals surface area contributed by atoms with Crippen molar-refractivity contribution in [3.05, 3.63) is 11.6 Å². The number of aliphatic carboxylic acids is 1. The van der Waals surface area contributed by atoms with Gasteiger partial charge in [-0.3, -0.25) is 9.59 Å². The van der Waals surface area contributed by atoms with E-state index >= 15 is 0 Å². The highest BCUT2D eigenvalue weighted by Gasteiger charge is 2.57. The van der Waals surface area contributed by atoms with E-state index in [1.54, 1.807) is 0 Å². The molecule has 6 atom stereocenters. The summed E-state index contributed by atoms with van der Waals surface area (Å²) < 4.78 is 0. The second kappa shape index (κ2) is 6.15. The highest BCUT2D eigenvalue weighted by atomic mass is 16.4. The van der Waals surface area contributed by atoms with Gasteiger partial charge in [0.2, 0.25) is 0 Å². The van der Waals surface area contributed by atoms with Crippen molar-refractivity contribution in [1.29, 1.82) is 0 Å². The second-order valence-electron chi connectivity index (χ2n) is 7.60. The molecule has 0 aromatic heterocycles. The van der Waals surface area contributed by atoms with Gasteiger partial charge in [-0.15, -0.1) is 0 Å². The Morgan fingerprint density at radius 3 is 2.50 bits per heavy atom. The number of fused-ring (bicyclic) bond motifs is 1. The topological polar surface area (TPSA) is 74.6 Å². The van der Waals surface area contributed by atoms with Gasteiger partial charge in [0, 0.05) is 18.4 Å². The smallest absolute Gasteiger partial charge is 0.311 e. The molecule has 0 bridgehead atoms. The maximum absolute atomic E-state index is 12.8. The molecule has 2 aliphatic rings. The molecule has 0 radical (unpaired) electrons. The number of carbonyl (C=O) groups is 2. The van der Waals surface area contributed by atoms with Gasteiger partial charge in [0.1, 0.15) is 5.78 Å². The van der Waals surface area contributed by atoms with Crippen LogP contribution < -0.4 is 0 Å². The molecule has 22 heavy (non-hydrogen) atoms. The minimum atomic E-state index is -0.924. The summed E-state index contributed by atoms with van der Waals surface area (Å²) in [4.78, 5) is 24.7. The lowest BCUT2D eigenvalue weighted by Crippen LogP contribution is -2.54. The highest BCUT2D eigenvalue weighted by Crippen LogP contribution is 2.56. The standard InChI is InChI=1S/C18H28O4/c1-10-7-11(2)15-13(8-10)9-12(3)16(17(21)22)18(15,4)14(20)5-6-19/h9-11,13,15-16,19H,5-8H2,1-4H3,(H,21,22)/t10?,11?,13-,15?,16-,18-/m0/s1. The van der Waals surface area contributed by atoms with Crippen molar-refractivity contribution in [3.63, 3.8) is 0 Å². The Balaban J connectivity index is 2.55. The molecule has 0 aromatic rings. The van der Waals surface area contributed by atoms with Crippen LogP contribution in [0.1, 0.15) is 47.0 Å². The highest BCUT2D eigenvalue weighted by molar-refractivity contribution is 5.92. The molecule has 0 amide bonds. The van der Waals surface area contributed by atoms with Crippen molar-refractivity contribution in [2.45, 2.75) is 47.0 Å². The number of carboxylic acid groups (broad SMARTS) is 1. The molecule has 2 aliphatic carbocycles. The molecular formula is C18H28O4. The largest absolute Gasteiger partial charge is 0.481 e. The first kappa shape index (κ1) is 17.2. The van der Waals surface area contributed by atoms with Crippen LogP contribution >= 0.6 is 0 Å². The Kier molecular flexibility index (Phi) is 4.81. The van der Waals surface area contributed by atoms with Crippen LogP contribution in [0, 0.1) is 35.0 Å². The summed E-state index contributed by atoms with van der Waals surface area (Å²) in [7, 11) is 0. The summed E-state index contributed by atoms with van der Waals surface area (Å²) >= 11 is 0. The average Bonchev–Trinajstić information content (AvgIpc) is 2.36. The number of rotatable bonds is 4. The number of allylic oxidation sites excluding steroid dienone is 1. The number of carbonyl (C=O) groups excluding carboxylic acids is 1. The summed E-state index contributed by atoms with van der Waals surface area (Å²) in [6.45, 7) is 7.82. The molecule has 0 heterocycles. The lowest BCUT2D eigenvalue weighted by atomic mass is 9.49. The maximum Gasteiger partial charge on any atom is 0.311 e. The molecule has 1 fully saturated rings. The van der Waals surface area contributed by atoms with Gasteiger partial charge in [0.15, 0.2) is 0 Å². The summed E-state index contributed by atoms with van der Waals surface area (Å²) in [6, 6.07) is 0. The zero-order valence-electron chi connectivity index (χ0n) is 14.0. The summed E-state index contributed by atoms with van der Waals surface area (Å²) in [5, 5.41) is 18.9. The number of Topliss-reactive ketones (excluding diaryl/α,β-unsaturated/α-hetero) is 1. The van der Waals surface area contributed by atoms with Crippen molar-refractivity contribution in [1.82, 2.24) is 0 Å². The van der Waals surface area contributed by atoms with E-state index in [-0.39, 0.29) is 30.6 Å². The van der Waals surface area contributed by atoms with E-state index in [1.807, 2.05) is 13.8 Å². The third kappa shape index (κ3) is 2.62. The van der Waals surface area contributed by atoms with E-state index in [1.165, 1.54) is 0 Å². The van der Waals surface area contributed by atoms with E-state index in [0.717, 1.165) is 18.4 Å². The van der Waals surface area contributed by atoms with Crippen LogP contribution in [-0.4, -0.2) is 28.6 Å². The first-order chi connectivity index (χ1) is 10.2. The Hall–Kier alpha value is -1.16. The third-order valence-electron chi connectivity index (χ3n) is 5.93. The van der Waals surface area contributed by atoms with Crippen LogP contribution in [0.3, 0.4) is 0 Å². The quantitative estimate of drug-likeness (QED) is 0.783. The van der Waals surface area contributed by atoms with Crippen molar-refractivity contribution in [2.24, 2.45) is 35.0 Å². The number of carboxylic acids is 1. The van der Waals surface area contributed by atoms with Crippen molar-refractivity contribution in [2.75, 3.05) is 6.61 Å². The van der Waals surface area contributed by atoms with Gasteiger partial charge < -0.3 is 10.2 Å². The van der Waals surface area contributed by atoms with Crippen LogP contribution in [-0.2, 0) is 9.59 Å². The van der Waals surface area contributed by atoms with Crippen molar-refractivity contribution in [3.8, 4) is 0 Å². The van der Waals surface area contributed by atoms with Gasteiger partial charge in [-0.1, -0.05) is 32.4 Å². The van der Waals surface area contributed by atoms with Gasteiger partial charge in [-0.25, -0.2) is 0 Å². The van der Waals surface area contributed by atoms with Crippen molar-refractivity contribution >= 4 is 11.8 Å². The van der Waals surface area contributed by atoms with E-state index < -0.39 is 17.3 Å². The third-order valence-corrected chi connectivity index (χ3v) is 5.93. The van der Waals surface area contributed by atoms with Gasteiger partial charge >= 0.3 is 5.97 Å². The van der Waals surface area contributed by atoms with Gasteiger partial charge in [-0.2, -0.15) is 0 Å². The summed E-state index contributed by atoms with van der Waals surface area (Å²) in [5.41, 5.74) is -0.124. The van der Waals surface area contributed by atoms with Crippen LogP contribution in [0.2, 0.25) is 0 Å². The molecule has 4 heteroatoms. The van der Waals surface area contributed by atoms with Crippen LogP contribution in [0.15, 0.2) is 11.6 Å². The fourth-order valence-electron chi connectivity index (χ4n) is 5.39.